The Balaban J connectivity index is 2.57. The van der Waals surface area contributed by atoms with Gasteiger partial charge in [-0.05, 0) is 15.9 Å². The van der Waals surface area contributed by atoms with E-state index in [1.165, 1.54) is 0 Å². The summed E-state index contributed by atoms with van der Waals surface area (Å²) in [7, 11) is 1.05. The van der Waals surface area contributed by atoms with Crippen LogP contribution in [0.15, 0.2) is 21.8 Å². The van der Waals surface area contributed by atoms with Gasteiger partial charge in [0.2, 0.25) is 0 Å². The Morgan fingerprint density at radius 1 is 1.50 bits per heavy atom. The van der Waals surface area contributed by atoms with E-state index >= 15 is 0 Å². The first-order valence-corrected chi connectivity index (χ1v) is 7.82. The molecule has 1 aliphatic heterocycles. The molecular formula is C14H12BrF2N3O6. The molecule has 140 valence electrons. The molecule has 0 fully saturated rings. The molecule has 26 heavy (non-hydrogen) atoms. The van der Waals surface area contributed by atoms with Gasteiger partial charge in [-0.3, -0.25) is 14.9 Å². The van der Waals surface area contributed by atoms with Gasteiger partial charge in [-0.1, -0.05) is 0 Å². The summed E-state index contributed by atoms with van der Waals surface area (Å²) in [6.45, 7) is -0.804. The highest BCUT2D eigenvalue weighted by Gasteiger charge is 2.36. The fourth-order valence-electron chi connectivity index (χ4n) is 2.32. The number of carbonyl (C=O) groups is 2. The van der Waals surface area contributed by atoms with E-state index in [-0.39, 0.29) is 18.7 Å². The number of rotatable bonds is 6. The van der Waals surface area contributed by atoms with E-state index in [0.717, 1.165) is 18.1 Å². The highest BCUT2D eigenvalue weighted by atomic mass is 79.9. The summed E-state index contributed by atoms with van der Waals surface area (Å²) in [5, 5.41) is 22.3. The van der Waals surface area contributed by atoms with Gasteiger partial charge in [0.1, 0.15) is 5.70 Å². The first kappa shape index (κ1) is 19.7. The van der Waals surface area contributed by atoms with Crippen LogP contribution < -0.4 is 5.32 Å². The number of aliphatic hydroxyl groups excluding tert-OH is 1. The van der Waals surface area contributed by atoms with Crippen molar-refractivity contribution in [1.82, 2.24) is 4.90 Å². The number of aliphatic hydroxyl groups is 1. The number of ether oxygens (including phenoxy) is 1. The van der Waals surface area contributed by atoms with Crippen LogP contribution in [0.4, 0.5) is 20.2 Å². The van der Waals surface area contributed by atoms with Gasteiger partial charge >= 0.3 is 5.97 Å². The van der Waals surface area contributed by atoms with Crippen LogP contribution in [0.2, 0.25) is 0 Å². The van der Waals surface area contributed by atoms with Crippen molar-refractivity contribution in [3.63, 3.8) is 0 Å². The average Bonchev–Trinajstić information content (AvgIpc) is 2.90. The van der Waals surface area contributed by atoms with Gasteiger partial charge in [0.15, 0.2) is 17.3 Å². The zero-order valence-electron chi connectivity index (χ0n) is 13.2. The van der Waals surface area contributed by atoms with Gasteiger partial charge in [0.25, 0.3) is 11.6 Å². The quantitative estimate of drug-likeness (QED) is 0.299. The van der Waals surface area contributed by atoms with Gasteiger partial charge in [0.05, 0.1) is 35.2 Å². The van der Waals surface area contributed by atoms with Crippen LogP contribution in [0.5, 0.6) is 0 Å². The Bertz CT molecular complexity index is 829. The maximum Gasteiger partial charge on any atom is 0.337 e. The van der Waals surface area contributed by atoms with Crippen molar-refractivity contribution in [2.75, 3.05) is 32.1 Å². The number of nitrogens with zero attached hydrogens (tertiary/aromatic N) is 2. The first-order chi connectivity index (χ1) is 12.2. The molecule has 0 atom stereocenters. The Morgan fingerprint density at radius 3 is 2.69 bits per heavy atom. The molecular weight excluding hydrogens is 424 g/mol. The molecule has 1 amide bonds. The van der Waals surface area contributed by atoms with E-state index < -0.39 is 56.6 Å². The van der Waals surface area contributed by atoms with Gasteiger partial charge in [-0.25, -0.2) is 13.6 Å². The van der Waals surface area contributed by atoms with E-state index in [0.29, 0.717) is 0 Å². The summed E-state index contributed by atoms with van der Waals surface area (Å²) in [6, 6.07) is 0.726. The second-order valence-corrected chi connectivity index (χ2v) is 5.91. The molecule has 0 aliphatic carbocycles. The Kier molecular flexibility index (Phi) is 5.87. The van der Waals surface area contributed by atoms with E-state index in [1.54, 1.807) is 0 Å². The number of esters is 1. The SMILES string of the molecule is COC(=O)C1=C(Nc2c([N+](=O)[O-])cc(Br)c(F)c2F)C(=O)N(CCO)C1. The van der Waals surface area contributed by atoms with Crippen molar-refractivity contribution < 1.29 is 33.1 Å². The molecule has 1 aromatic carbocycles. The summed E-state index contributed by atoms with van der Waals surface area (Å²) in [5.74, 6) is -4.76. The highest BCUT2D eigenvalue weighted by molar-refractivity contribution is 9.10. The van der Waals surface area contributed by atoms with Crippen molar-refractivity contribution in [1.29, 1.82) is 0 Å². The maximum atomic E-state index is 14.2. The number of amides is 1. The lowest BCUT2D eigenvalue weighted by Gasteiger charge is -2.15. The van der Waals surface area contributed by atoms with Crippen LogP contribution in [0.1, 0.15) is 0 Å². The summed E-state index contributed by atoms with van der Waals surface area (Å²) in [5.41, 5.74) is -2.48. The maximum absolute atomic E-state index is 14.2. The zero-order chi connectivity index (χ0) is 19.6. The molecule has 1 aromatic rings. The van der Waals surface area contributed by atoms with Crippen molar-refractivity contribution in [2.45, 2.75) is 0 Å². The molecule has 12 heteroatoms. The topological polar surface area (TPSA) is 122 Å². The number of halogens is 3. The van der Waals surface area contributed by atoms with Gasteiger partial charge in [0, 0.05) is 12.6 Å². The fourth-order valence-corrected chi connectivity index (χ4v) is 2.71. The number of carbonyl (C=O) groups excluding carboxylic acids is 2. The van der Waals surface area contributed by atoms with Crippen LogP contribution in [-0.2, 0) is 14.3 Å². The van der Waals surface area contributed by atoms with Crippen molar-refractivity contribution >= 4 is 39.2 Å². The minimum Gasteiger partial charge on any atom is -0.466 e. The van der Waals surface area contributed by atoms with E-state index in [1.807, 2.05) is 0 Å². The van der Waals surface area contributed by atoms with E-state index in [9.17, 15) is 28.5 Å². The lowest BCUT2D eigenvalue weighted by molar-refractivity contribution is -0.384. The third-order valence-electron chi connectivity index (χ3n) is 3.54. The molecule has 1 heterocycles. The van der Waals surface area contributed by atoms with Gasteiger partial charge in [-0.15, -0.1) is 0 Å². The standard InChI is InChI=1S/C14H12BrF2N3O6/c1-26-14(23)6-5-19(2-3-21)13(22)11(6)18-12-8(20(24)25)4-7(15)9(16)10(12)17/h4,18,21H,2-3,5H2,1H3. The van der Waals surface area contributed by atoms with Crippen molar-refractivity contribution in [3.05, 3.63) is 43.6 Å². The van der Waals surface area contributed by atoms with Crippen LogP contribution in [-0.4, -0.2) is 53.6 Å². The van der Waals surface area contributed by atoms with Crippen LogP contribution in [0, 0.1) is 21.7 Å². The molecule has 2 rings (SSSR count). The number of nitro groups is 1. The molecule has 0 saturated heterocycles. The third-order valence-corrected chi connectivity index (χ3v) is 4.12. The number of methoxy groups -OCH3 is 1. The van der Waals surface area contributed by atoms with Crippen LogP contribution >= 0.6 is 15.9 Å². The number of hydrogen-bond acceptors (Lipinski definition) is 7. The van der Waals surface area contributed by atoms with Crippen LogP contribution in [0.3, 0.4) is 0 Å². The summed E-state index contributed by atoms with van der Waals surface area (Å²) < 4.78 is 32.1. The smallest absolute Gasteiger partial charge is 0.337 e. The zero-order valence-corrected chi connectivity index (χ0v) is 14.8. The molecule has 0 spiro atoms. The summed E-state index contributed by atoms with van der Waals surface area (Å²) in [4.78, 5) is 35.5. The molecule has 9 nitrogen and oxygen atoms in total. The van der Waals surface area contributed by atoms with Gasteiger partial charge in [-0.2, -0.15) is 0 Å². The largest absolute Gasteiger partial charge is 0.466 e. The Labute approximate surface area is 153 Å². The number of anilines is 1. The molecule has 0 radical (unpaired) electrons. The lowest BCUT2D eigenvalue weighted by atomic mass is 10.2. The summed E-state index contributed by atoms with van der Waals surface area (Å²) in [6.07, 6.45) is 0. The second kappa shape index (κ2) is 7.74. The van der Waals surface area contributed by atoms with Crippen molar-refractivity contribution in [2.24, 2.45) is 0 Å². The molecule has 0 bridgehead atoms. The molecule has 0 saturated carbocycles. The van der Waals surface area contributed by atoms with E-state index in [4.69, 9.17) is 5.11 Å². The van der Waals surface area contributed by atoms with E-state index in [2.05, 4.69) is 26.0 Å². The number of hydrogen-bond donors (Lipinski definition) is 2. The summed E-state index contributed by atoms with van der Waals surface area (Å²) >= 11 is 2.66. The predicted octanol–water partition coefficient (Wildman–Crippen LogP) is 1.31. The highest BCUT2D eigenvalue weighted by Crippen LogP contribution is 2.36. The number of β-amino-alcohol motifs (C(OH)–C–C–N with tert-alkyl or cyclic N) is 1. The van der Waals surface area contributed by atoms with Crippen LogP contribution in [0.25, 0.3) is 0 Å². The molecule has 0 aromatic heterocycles. The molecule has 0 unspecified atom stereocenters. The monoisotopic (exact) mass is 435 g/mol. The number of nitrogens with one attached hydrogen (secondary N) is 1. The third kappa shape index (κ3) is 3.51. The van der Waals surface area contributed by atoms with Crippen molar-refractivity contribution in [3.8, 4) is 0 Å². The normalized spacial score (nSPS) is 14.0. The minimum absolute atomic E-state index is 0.135. The van der Waals surface area contributed by atoms with Gasteiger partial charge < -0.3 is 20.1 Å². The molecule has 2 N–H and O–H groups in total. The molecule has 1 aliphatic rings. The fraction of sp³-hybridized carbons (Fsp3) is 0.286. The Hall–Kier alpha value is -2.60. The number of benzene rings is 1. The predicted molar refractivity (Wildman–Crippen MR) is 87.0 cm³/mol. The first-order valence-electron chi connectivity index (χ1n) is 7.03. The second-order valence-electron chi connectivity index (χ2n) is 5.06. The lowest BCUT2D eigenvalue weighted by Crippen LogP contribution is -2.31. The number of nitro benzene ring substituents is 1. The Morgan fingerprint density at radius 2 is 2.15 bits per heavy atom. The minimum atomic E-state index is -1.60. The average molecular weight is 436 g/mol.